The van der Waals surface area contributed by atoms with E-state index in [2.05, 4.69) is 35.7 Å². The van der Waals surface area contributed by atoms with Gasteiger partial charge in [0.2, 0.25) is 0 Å². The molecule has 4 rings (SSSR count). The summed E-state index contributed by atoms with van der Waals surface area (Å²) < 4.78 is 8.88. The van der Waals surface area contributed by atoms with Gasteiger partial charge in [0.25, 0.3) is 0 Å². The van der Waals surface area contributed by atoms with Gasteiger partial charge in [0.05, 0.1) is 12.1 Å². The van der Waals surface area contributed by atoms with Crippen molar-refractivity contribution in [3.8, 4) is 28.7 Å². The van der Waals surface area contributed by atoms with Crippen molar-refractivity contribution in [3.05, 3.63) is 34.7 Å². The first kappa shape index (κ1) is 12.6. The first-order valence-corrected chi connectivity index (χ1v) is 7.39. The van der Waals surface area contributed by atoms with E-state index in [1.165, 1.54) is 0 Å². The Hall–Kier alpha value is -2.15. The number of imidazole rings is 1. The highest BCUT2D eigenvalue weighted by Gasteiger charge is 2.20. The van der Waals surface area contributed by atoms with Crippen LogP contribution in [0.15, 0.2) is 28.9 Å². The van der Waals surface area contributed by atoms with Crippen molar-refractivity contribution >= 4 is 15.9 Å². The molecule has 0 saturated heterocycles. The summed E-state index contributed by atoms with van der Waals surface area (Å²) in [5.41, 5.74) is 1.78. The van der Waals surface area contributed by atoms with Crippen molar-refractivity contribution in [2.75, 3.05) is 6.61 Å². The highest BCUT2D eigenvalue weighted by atomic mass is 79.9. The lowest BCUT2D eigenvalue weighted by Crippen LogP contribution is -2.04. The second kappa shape index (κ2) is 4.70. The van der Waals surface area contributed by atoms with Crippen molar-refractivity contribution in [2.45, 2.75) is 13.5 Å². The van der Waals surface area contributed by atoms with Gasteiger partial charge in [0.15, 0.2) is 5.82 Å². The summed E-state index contributed by atoms with van der Waals surface area (Å²) in [6.45, 7) is 3.21. The number of hydrogen-bond donors (Lipinski definition) is 1. The fraction of sp³-hybridized carbons (Fsp3) is 0.214. The molecule has 21 heavy (non-hydrogen) atoms. The molecule has 6 nitrogen and oxygen atoms in total. The zero-order chi connectivity index (χ0) is 14.4. The van der Waals surface area contributed by atoms with E-state index in [4.69, 9.17) is 9.72 Å². The zero-order valence-corrected chi connectivity index (χ0v) is 12.9. The molecule has 0 radical (unpaired) electrons. The average molecular weight is 346 g/mol. The molecule has 0 bridgehead atoms. The molecule has 1 aliphatic heterocycles. The summed E-state index contributed by atoms with van der Waals surface area (Å²) >= 11 is 3.47. The van der Waals surface area contributed by atoms with Crippen molar-refractivity contribution in [2.24, 2.45) is 0 Å². The molecule has 2 aromatic heterocycles. The largest absolute Gasteiger partial charge is 0.491 e. The molecule has 1 N–H and O–H groups in total. The fourth-order valence-corrected chi connectivity index (χ4v) is 2.77. The van der Waals surface area contributed by atoms with Gasteiger partial charge in [-0.3, -0.25) is 5.10 Å². The highest BCUT2D eigenvalue weighted by molar-refractivity contribution is 9.10. The Bertz CT molecular complexity index is 823. The Kier molecular flexibility index (Phi) is 2.81. The van der Waals surface area contributed by atoms with Crippen LogP contribution in [0.3, 0.4) is 0 Å². The number of ether oxygens (including phenoxy) is 1. The molecule has 1 aliphatic rings. The number of hydrogen-bond acceptors (Lipinski definition) is 4. The maximum Gasteiger partial charge on any atom is 0.176 e. The summed E-state index contributed by atoms with van der Waals surface area (Å²) in [6, 6.07) is 5.97. The number of rotatable bonds is 1. The van der Waals surface area contributed by atoms with Crippen LogP contribution in [0.1, 0.15) is 5.82 Å². The Morgan fingerprint density at radius 2 is 2.24 bits per heavy atom. The van der Waals surface area contributed by atoms with E-state index in [1.807, 2.05) is 31.3 Å². The SMILES string of the molecule is Cc1n[nH]c(-c2cn3c(n2)-c2ccc(Br)cc2OCC3)n1. The lowest BCUT2D eigenvalue weighted by Gasteiger charge is -2.06. The fourth-order valence-electron chi connectivity index (χ4n) is 2.43. The van der Waals surface area contributed by atoms with Gasteiger partial charge in [-0.25, -0.2) is 9.97 Å². The Morgan fingerprint density at radius 3 is 3.05 bits per heavy atom. The Labute approximate surface area is 129 Å². The minimum absolute atomic E-state index is 0.613. The molecule has 3 aromatic rings. The molecule has 0 unspecified atom stereocenters. The predicted octanol–water partition coefficient (Wildman–Crippen LogP) is 2.80. The van der Waals surface area contributed by atoms with Gasteiger partial charge in [0, 0.05) is 10.7 Å². The average Bonchev–Trinajstić information content (AvgIpc) is 3.02. The van der Waals surface area contributed by atoms with Crippen molar-refractivity contribution in [3.63, 3.8) is 0 Å². The zero-order valence-electron chi connectivity index (χ0n) is 11.3. The van der Waals surface area contributed by atoms with Gasteiger partial charge in [-0.1, -0.05) is 15.9 Å². The predicted molar refractivity (Wildman–Crippen MR) is 81.0 cm³/mol. The number of nitrogens with zero attached hydrogens (tertiary/aromatic N) is 4. The van der Waals surface area contributed by atoms with E-state index in [9.17, 15) is 0 Å². The van der Waals surface area contributed by atoms with E-state index in [0.29, 0.717) is 18.3 Å². The molecule has 0 aliphatic carbocycles. The number of benzene rings is 1. The third-order valence-corrected chi connectivity index (χ3v) is 3.88. The van der Waals surface area contributed by atoms with Crippen LogP contribution in [0.4, 0.5) is 0 Å². The second-order valence-electron chi connectivity index (χ2n) is 4.86. The van der Waals surface area contributed by atoms with Gasteiger partial charge >= 0.3 is 0 Å². The number of fused-ring (bicyclic) bond motifs is 3. The highest BCUT2D eigenvalue weighted by Crippen LogP contribution is 2.35. The number of H-pyrrole nitrogens is 1. The lowest BCUT2D eigenvalue weighted by atomic mass is 10.2. The van der Waals surface area contributed by atoms with E-state index < -0.39 is 0 Å². The van der Waals surface area contributed by atoms with Crippen molar-refractivity contribution in [1.29, 1.82) is 0 Å². The third kappa shape index (κ3) is 2.13. The monoisotopic (exact) mass is 345 g/mol. The Morgan fingerprint density at radius 1 is 1.33 bits per heavy atom. The molecule has 0 saturated carbocycles. The first-order valence-electron chi connectivity index (χ1n) is 6.60. The molecule has 1 aromatic carbocycles. The van der Waals surface area contributed by atoms with Crippen LogP contribution in [0, 0.1) is 6.92 Å². The van der Waals surface area contributed by atoms with Crippen LogP contribution in [-0.2, 0) is 6.54 Å². The second-order valence-corrected chi connectivity index (χ2v) is 5.78. The van der Waals surface area contributed by atoms with E-state index >= 15 is 0 Å². The third-order valence-electron chi connectivity index (χ3n) is 3.39. The van der Waals surface area contributed by atoms with Gasteiger partial charge in [-0.15, -0.1) is 0 Å². The topological polar surface area (TPSA) is 68.6 Å². The molecular weight excluding hydrogens is 334 g/mol. The molecule has 0 spiro atoms. The minimum Gasteiger partial charge on any atom is -0.491 e. The maximum atomic E-state index is 5.79. The Balaban J connectivity index is 1.87. The summed E-state index contributed by atoms with van der Waals surface area (Å²) in [7, 11) is 0. The van der Waals surface area contributed by atoms with Gasteiger partial charge in [0.1, 0.15) is 29.7 Å². The minimum atomic E-state index is 0.613. The summed E-state index contributed by atoms with van der Waals surface area (Å²) in [5, 5.41) is 6.96. The van der Waals surface area contributed by atoms with E-state index in [1.54, 1.807) is 0 Å². The van der Waals surface area contributed by atoms with Crippen LogP contribution in [0.25, 0.3) is 22.9 Å². The maximum absolute atomic E-state index is 5.79. The molecule has 0 amide bonds. The molecular formula is C14H12BrN5O. The lowest BCUT2D eigenvalue weighted by molar-refractivity contribution is 0.306. The van der Waals surface area contributed by atoms with Crippen LogP contribution >= 0.6 is 15.9 Å². The normalized spacial score (nSPS) is 13.2. The van der Waals surface area contributed by atoms with Crippen molar-refractivity contribution in [1.82, 2.24) is 24.7 Å². The molecule has 106 valence electrons. The van der Waals surface area contributed by atoms with Crippen LogP contribution in [0.2, 0.25) is 0 Å². The molecule has 7 heteroatoms. The van der Waals surface area contributed by atoms with Crippen LogP contribution in [0.5, 0.6) is 5.75 Å². The summed E-state index contributed by atoms with van der Waals surface area (Å²) in [6.07, 6.45) is 1.98. The number of halogens is 1. The number of nitrogens with one attached hydrogen (secondary N) is 1. The van der Waals surface area contributed by atoms with Crippen molar-refractivity contribution < 1.29 is 4.74 Å². The number of aromatic nitrogens is 5. The quantitative estimate of drug-likeness (QED) is 0.736. The number of aryl methyl sites for hydroxylation is 1. The molecule has 3 heterocycles. The standard InChI is InChI=1S/C14H12BrN5O/c1-8-16-13(19-18-8)11-7-20-4-5-21-12-6-9(15)2-3-10(12)14(20)17-11/h2-3,6-7H,4-5H2,1H3,(H,16,18,19). The van der Waals surface area contributed by atoms with E-state index in [-0.39, 0.29) is 0 Å². The van der Waals surface area contributed by atoms with E-state index in [0.717, 1.165) is 33.8 Å². The molecule has 0 atom stereocenters. The first-order chi connectivity index (χ1) is 10.2. The number of aromatic amines is 1. The van der Waals surface area contributed by atoms with Gasteiger partial charge < -0.3 is 9.30 Å². The van der Waals surface area contributed by atoms with Crippen LogP contribution < -0.4 is 4.74 Å². The summed E-state index contributed by atoms with van der Waals surface area (Å²) in [4.78, 5) is 9.04. The summed E-state index contributed by atoms with van der Waals surface area (Å²) in [5.74, 6) is 3.13. The van der Waals surface area contributed by atoms with Gasteiger partial charge in [-0.05, 0) is 25.1 Å². The van der Waals surface area contributed by atoms with Gasteiger partial charge in [-0.2, -0.15) is 5.10 Å². The van der Waals surface area contributed by atoms with Crippen LogP contribution in [-0.4, -0.2) is 31.3 Å². The molecule has 0 fully saturated rings. The smallest absolute Gasteiger partial charge is 0.176 e.